The number of nitrogens with one attached hydrogen (secondary N) is 1. The summed E-state index contributed by atoms with van der Waals surface area (Å²) in [5.41, 5.74) is 6.96. The molecule has 0 amide bonds. The van der Waals surface area contributed by atoms with Crippen molar-refractivity contribution in [2.24, 2.45) is 0 Å². The Morgan fingerprint density at radius 3 is 2.73 bits per heavy atom. The summed E-state index contributed by atoms with van der Waals surface area (Å²) in [6.07, 6.45) is 4.04. The summed E-state index contributed by atoms with van der Waals surface area (Å²) in [6, 6.07) is 27.0. The van der Waals surface area contributed by atoms with Crippen molar-refractivity contribution >= 4 is 33.6 Å². The van der Waals surface area contributed by atoms with E-state index in [1.54, 1.807) is 0 Å². The number of aromatic nitrogens is 3. The van der Waals surface area contributed by atoms with Crippen LogP contribution in [0.2, 0.25) is 0 Å². The fourth-order valence-corrected chi connectivity index (χ4v) is 3.92. The summed E-state index contributed by atoms with van der Waals surface area (Å²) in [5, 5.41) is 10.9. The summed E-state index contributed by atoms with van der Waals surface area (Å²) in [7, 11) is 0. The Morgan fingerprint density at radius 1 is 1.07 bits per heavy atom. The van der Waals surface area contributed by atoms with Crippen LogP contribution in [0.5, 0.6) is 0 Å². The van der Waals surface area contributed by atoms with E-state index in [2.05, 4.69) is 70.1 Å². The van der Waals surface area contributed by atoms with Crippen LogP contribution in [-0.4, -0.2) is 14.5 Å². The standard InChI is InChI=1S/C26H20N4/c1-18-7-6-8-19(13-18)16-30-17-21(22-9-2-5-12-25(22)30)14-20(15-27)26-28-23-10-3-4-11-24(23)29-26/h2-14,17H,16H2,1H3,(H,28,29)/b20-14+. The number of hydrogen-bond acceptors (Lipinski definition) is 2. The fourth-order valence-electron chi connectivity index (χ4n) is 3.92. The Morgan fingerprint density at radius 2 is 1.90 bits per heavy atom. The van der Waals surface area contributed by atoms with Gasteiger partial charge in [-0.2, -0.15) is 5.26 Å². The topological polar surface area (TPSA) is 57.4 Å². The predicted molar refractivity (Wildman–Crippen MR) is 122 cm³/mol. The van der Waals surface area contributed by atoms with Crippen molar-refractivity contribution in [3.63, 3.8) is 0 Å². The van der Waals surface area contributed by atoms with Crippen molar-refractivity contribution in [2.75, 3.05) is 0 Å². The molecule has 4 heteroatoms. The van der Waals surface area contributed by atoms with Gasteiger partial charge in [-0.15, -0.1) is 0 Å². The highest BCUT2D eigenvalue weighted by molar-refractivity contribution is 5.98. The van der Waals surface area contributed by atoms with E-state index in [4.69, 9.17) is 0 Å². The third-order valence-corrected chi connectivity index (χ3v) is 5.32. The number of rotatable bonds is 4. The van der Waals surface area contributed by atoms with Crippen LogP contribution in [0.15, 0.2) is 79.0 Å². The highest BCUT2D eigenvalue weighted by Gasteiger charge is 2.12. The molecule has 3 aromatic carbocycles. The van der Waals surface area contributed by atoms with Crippen LogP contribution in [0.3, 0.4) is 0 Å². The molecule has 0 fully saturated rings. The number of fused-ring (bicyclic) bond motifs is 2. The second-order valence-corrected chi connectivity index (χ2v) is 7.49. The molecule has 0 bridgehead atoms. The van der Waals surface area contributed by atoms with Gasteiger partial charge in [0.1, 0.15) is 11.9 Å². The van der Waals surface area contributed by atoms with Crippen molar-refractivity contribution in [3.05, 3.63) is 102 Å². The molecule has 0 saturated carbocycles. The molecule has 0 aliphatic carbocycles. The molecule has 5 aromatic rings. The average Bonchev–Trinajstić information content (AvgIpc) is 3.34. The number of aryl methyl sites for hydroxylation is 1. The third kappa shape index (κ3) is 3.27. The number of nitriles is 1. The molecule has 0 radical (unpaired) electrons. The van der Waals surface area contributed by atoms with Gasteiger partial charge in [0, 0.05) is 29.2 Å². The van der Waals surface area contributed by atoms with Gasteiger partial charge < -0.3 is 9.55 Å². The molecular weight excluding hydrogens is 368 g/mol. The summed E-state index contributed by atoms with van der Waals surface area (Å²) in [6.45, 7) is 2.89. The average molecular weight is 388 g/mol. The Balaban J connectivity index is 1.60. The quantitative estimate of drug-likeness (QED) is 0.387. The van der Waals surface area contributed by atoms with Crippen LogP contribution < -0.4 is 0 Å². The Kier molecular flexibility index (Phi) is 4.42. The first-order chi connectivity index (χ1) is 14.7. The molecule has 0 atom stereocenters. The molecule has 0 spiro atoms. The van der Waals surface area contributed by atoms with Crippen LogP contribution >= 0.6 is 0 Å². The van der Waals surface area contributed by atoms with Gasteiger partial charge in [-0.05, 0) is 36.8 Å². The minimum absolute atomic E-state index is 0.518. The zero-order chi connectivity index (χ0) is 20.5. The van der Waals surface area contributed by atoms with E-state index in [9.17, 15) is 5.26 Å². The summed E-state index contributed by atoms with van der Waals surface area (Å²) in [4.78, 5) is 7.85. The summed E-state index contributed by atoms with van der Waals surface area (Å²) in [5.74, 6) is 0.592. The zero-order valence-electron chi connectivity index (χ0n) is 16.6. The highest BCUT2D eigenvalue weighted by atomic mass is 15.0. The second-order valence-electron chi connectivity index (χ2n) is 7.49. The van der Waals surface area contributed by atoms with Crippen molar-refractivity contribution < 1.29 is 0 Å². The van der Waals surface area contributed by atoms with Crippen molar-refractivity contribution in [1.29, 1.82) is 5.26 Å². The van der Waals surface area contributed by atoms with Crippen LogP contribution in [0.25, 0.3) is 33.6 Å². The molecule has 5 rings (SSSR count). The van der Waals surface area contributed by atoms with E-state index < -0.39 is 0 Å². The zero-order valence-corrected chi connectivity index (χ0v) is 16.6. The Labute approximate surface area is 174 Å². The lowest BCUT2D eigenvalue weighted by atomic mass is 10.1. The lowest BCUT2D eigenvalue weighted by Gasteiger charge is -2.06. The van der Waals surface area contributed by atoms with Crippen LogP contribution in [0.1, 0.15) is 22.5 Å². The first-order valence-corrected chi connectivity index (χ1v) is 9.91. The molecule has 2 aromatic heterocycles. The molecule has 0 saturated heterocycles. The van der Waals surface area contributed by atoms with Crippen molar-refractivity contribution in [1.82, 2.24) is 14.5 Å². The molecule has 144 valence electrons. The number of imidazole rings is 1. The Bertz CT molecular complexity index is 1410. The molecule has 2 heterocycles. The van der Waals surface area contributed by atoms with Gasteiger partial charge in [0.25, 0.3) is 0 Å². The SMILES string of the molecule is Cc1cccc(Cn2cc(/C=C(\C#N)c3nc4ccccc4[nH]3)c3ccccc32)c1. The number of para-hydroxylation sites is 3. The largest absolute Gasteiger partial charge is 0.342 e. The second kappa shape index (κ2) is 7.38. The monoisotopic (exact) mass is 388 g/mol. The van der Waals surface area contributed by atoms with E-state index in [1.165, 1.54) is 11.1 Å². The van der Waals surface area contributed by atoms with Gasteiger partial charge in [-0.25, -0.2) is 4.98 Å². The molecular formula is C26H20N4. The van der Waals surface area contributed by atoms with E-state index >= 15 is 0 Å². The van der Waals surface area contributed by atoms with E-state index in [0.717, 1.165) is 34.0 Å². The van der Waals surface area contributed by atoms with Gasteiger partial charge in [0.2, 0.25) is 0 Å². The predicted octanol–water partition coefficient (Wildman–Crippen LogP) is 5.94. The molecule has 30 heavy (non-hydrogen) atoms. The number of benzene rings is 3. The van der Waals surface area contributed by atoms with Crippen molar-refractivity contribution in [2.45, 2.75) is 13.5 Å². The molecule has 0 unspecified atom stereocenters. The molecule has 4 nitrogen and oxygen atoms in total. The van der Waals surface area contributed by atoms with Crippen LogP contribution in [0, 0.1) is 18.3 Å². The number of H-pyrrole nitrogens is 1. The third-order valence-electron chi connectivity index (χ3n) is 5.32. The van der Waals surface area contributed by atoms with Gasteiger partial charge in [0.15, 0.2) is 0 Å². The number of hydrogen-bond donors (Lipinski definition) is 1. The number of aromatic amines is 1. The van der Waals surface area contributed by atoms with E-state index in [0.29, 0.717) is 11.4 Å². The minimum Gasteiger partial charge on any atom is -0.342 e. The Hall–Kier alpha value is -4.10. The van der Waals surface area contributed by atoms with Gasteiger partial charge in [-0.1, -0.05) is 60.2 Å². The normalized spacial score (nSPS) is 11.8. The van der Waals surface area contributed by atoms with Crippen LogP contribution in [-0.2, 0) is 6.54 Å². The summed E-state index contributed by atoms with van der Waals surface area (Å²) >= 11 is 0. The fraction of sp³-hybridized carbons (Fsp3) is 0.0769. The van der Waals surface area contributed by atoms with Gasteiger partial charge >= 0.3 is 0 Å². The first-order valence-electron chi connectivity index (χ1n) is 9.91. The van der Waals surface area contributed by atoms with E-state index in [1.807, 2.05) is 42.5 Å². The lowest BCUT2D eigenvalue weighted by molar-refractivity contribution is 0.835. The maximum Gasteiger partial charge on any atom is 0.149 e. The van der Waals surface area contributed by atoms with Crippen molar-refractivity contribution in [3.8, 4) is 6.07 Å². The maximum absolute atomic E-state index is 9.83. The summed E-state index contributed by atoms with van der Waals surface area (Å²) < 4.78 is 2.24. The highest BCUT2D eigenvalue weighted by Crippen LogP contribution is 2.27. The van der Waals surface area contributed by atoms with Crippen LogP contribution in [0.4, 0.5) is 0 Å². The number of allylic oxidation sites excluding steroid dienone is 1. The van der Waals surface area contributed by atoms with E-state index in [-0.39, 0.29) is 0 Å². The van der Waals surface area contributed by atoms with Gasteiger partial charge in [0.05, 0.1) is 16.6 Å². The molecule has 1 N–H and O–H groups in total. The maximum atomic E-state index is 9.83. The number of nitrogens with zero attached hydrogens (tertiary/aromatic N) is 3. The lowest BCUT2D eigenvalue weighted by Crippen LogP contribution is -1.97. The first kappa shape index (κ1) is 18.0. The molecule has 0 aliphatic rings. The molecule has 0 aliphatic heterocycles. The smallest absolute Gasteiger partial charge is 0.149 e. The minimum atomic E-state index is 0.518. The van der Waals surface area contributed by atoms with Gasteiger partial charge in [-0.3, -0.25) is 0 Å².